The molecule has 1 aromatic heterocycles. The van der Waals surface area contributed by atoms with Crippen molar-refractivity contribution in [3.05, 3.63) is 41.6 Å². The Morgan fingerprint density at radius 2 is 1.91 bits per heavy atom. The van der Waals surface area contributed by atoms with Gasteiger partial charge in [0.25, 0.3) is 0 Å². The summed E-state index contributed by atoms with van der Waals surface area (Å²) in [6.07, 6.45) is -2.95. The van der Waals surface area contributed by atoms with E-state index in [4.69, 9.17) is 0 Å². The third-order valence-electron chi connectivity index (χ3n) is 3.92. The van der Waals surface area contributed by atoms with E-state index < -0.39 is 11.9 Å². The maximum absolute atomic E-state index is 13.1. The third kappa shape index (κ3) is 3.04. The fourth-order valence-electron chi connectivity index (χ4n) is 2.40. The van der Waals surface area contributed by atoms with Gasteiger partial charge in [0.05, 0.1) is 5.69 Å². The number of rotatable bonds is 3. The van der Waals surface area contributed by atoms with Gasteiger partial charge in [0.15, 0.2) is 5.69 Å². The summed E-state index contributed by atoms with van der Waals surface area (Å²) in [5.41, 5.74) is 0.198. The second-order valence-electron chi connectivity index (χ2n) is 5.51. The summed E-state index contributed by atoms with van der Waals surface area (Å²) in [6.45, 7) is 2.57. The minimum Gasteiger partial charge on any atom is -0.338 e. The third-order valence-corrected chi connectivity index (χ3v) is 3.92. The first kappa shape index (κ1) is 15.5. The average Bonchev–Trinajstić information content (AvgIpc) is 2.52. The number of halogens is 3. The monoisotopic (exact) mass is 321 g/mol. The lowest BCUT2D eigenvalue weighted by Gasteiger charge is -2.39. The second-order valence-corrected chi connectivity index (χ2v) is 5.51. The lowest BCUT2D eigenvalue weighted by molar-refractivity contribution is -0.141. The molecule has 2 heterocycles. The van der Waals surface area contributed by atoms with Crippen molar-refractivity contribution in [3.63, 3.8) is 0 Å². The maximum Gasteiger partial charge on any atom is 0.433 e. The van der Waals surface area contributed by atoms with Gasteiger partial charge < -0.3 is 4.90 Å². The molecule has 4 nitrogen and oxygen atoms in total. The molecule has 3 rings (SSSR count). The molecule has 0 bridgehead atoms. The summed E-state index contributed by atoms with van der Waals surface area (Å²) >= 11 is 0. The lowest BCUT2D eigenvalue weighted by atomic mass is 10.1. The van der Waals surface area contributed by atoms with E-state index in [-0.39, 0.29) is 17.7 Å². The van der Waals surface area contributed by atoms with E-state index in [0.717, 1.165) is 12.5 Å². The van der Waals surface area contributed by atoms with Crippen molar-refractivity contribution in [1.82, 2.24) is 9.97 Å². The van der Waals surface area contributed by atoms with E-state index in [9.17, 15) is 18.0 Å². The van der Waals surface area contributed by atoms with Crippen LogP contribution >= 0.6 is 0 Å². The summed E-state index contributed by atoms with van der Waals surface area (Å²) < 4.78 is 39.3. The maximum atomic E-state index is 13.1. The number of hydrogen-bond acceptors (Lipinski definition) is 4. The first-order valence-corrected chi connectivity index (χ1v) is 7.17. The summed E-state index contributed by atoms with van der Waals surface area (Å²) in [7, 11) is 0. The predicted octanol–water partition coefficient (Wildman–Crippen LogP) is 3.57. The molecule has 0 spiro atoms. The molecule has 1 aliphatic heterocycles. The Morgan fingerprint density at radius 1 is 1.22 bits per heavy atom. The Balaban J connectivity index is 2.07. The molecule has 1 atom stereocenters. The molecule has 1 fully saturated rings. The van der Waals surface area contributed by atoms with Gasteiger partial charge in [-0.05, 0) is 19.4 Å². The number of nitrogens with zero attached hydrogens (tertiary/aromatic N) is 3. The second kappa shape index (κ2) is 5.64. The fraction of sp³-hybridized carbons (Fsp3) is 0.312. The van der Waals surface area contributed by atoms with Gasteiger partial charge in [-0.15, -0.1) is 0 Å². The molecule has 7 heteroatoms. The molecule has 0 amide bonds. The zero-order valence-electron chi connectivity index (χ0n) is 12.3. The van der Waals surface area contributed by atoms with Gasteiger partial charge in [-0.1, -0.05) is 24.3 Å². The largest absolute Gasteiger partial charge is 0.433 e. The topological polar surface area (TPSA) is 46.1 Å². The number of carbonyl (C=O) groups excluding carboxylic acids is 1. The number of anilines is 1. The number of benzene rings is 1. The molecule has 1 aromatic carbocycles. The van der Waals surface area contributed by atoms with Gasteiger partial charge in [-0.25, -0.2) is 9.97 Å². The first-order valence-electron chi connectivity index (χ1n) is 7.17. The molecule has 0 aliphatic carbocycles. The van der Waals surface area contributed by atoms with Gasteiger partial charge in [0, 0.05) is 23.7 Å². The molecule has 0 unspecified atom stereocenters. The fourth-order valence-corrected chi connectivity index (χ4v) is 2.40. The zero-order valence-corrected chi connectivity index (χ0v) is 12.3. The van der Waals surface area contributed by atoms with Crippen LogP contribution in [0.4, 0.5) is 19.1 Å². The highest BCUT2D eigenvalue weighted by Gasteiger charge is 2.35. The van der Waals surface area contributed by atoms with Crippen LogP contribution < -0.4 is 4.90 Å². The molecule has 2 aromatic rings. The van der Waals surface area contributed by atoms with Crippen molar-refractivity contribution in [2.75, 3.05) is 11.4 Å². The number of carbonyl (C=O) groups is 1. The smallest absolute Gasteiger partial charge is 0.338 e. The molecule has 0 radical (unpaired) electrons. The molecular formula is C16H14F3N3O. The van der Waals surface area contributed by atoms with Crippen LogP contribution in [0.5, 0.6) is 0 Å². The van der Waals surface area contributed by atoms with E-state index in [1.54, 1.807) is 29.2 Å². The molecule has 1 aliphatic rings. The summed E-state index contributed by atoms with van der Waals surface area (Å²) in [6, 6.07) is 7.31. The predicted molar refractivity (Wildman–Crippen MR) is 79.3 cm³/mol. The van der Waals surface area contributed by atoms with E-state index in [0.29, 0.717) is 24.0 Å². The Bertz CT molecular complexity index is 728. The highest BCUT2D eigenvalue weighted by atomic mass is 19.4. The van der Waals surface area contributed by atoms with Crippen LogP contribution in [0.3, 0.4) is 0 Å². The standard InChI is InChI=1S/C16H14F3N3O/c1-10-6-7-22(10)15-20-13(8-14(21-15)16(17,18)19)12-4-2-11(9-23)3-5-12/h2-5,8-10H,6-7H2,1H3/t10-/m0/s1. The van der Waals surface area contributed by atoms with Crippen molar-refractivity contribution < 1.29 is 18.0 Å². The van der Waals surface area contributed by atoms with Gasteiger partial charge >= 0.3 is 6.18 Å². The molecular weight excluding hydrogens is 307 g/mol. The van der Waals surface area contributed by atoms with Gasteiger partial charge in [0.1, 0.15) is 6.29 Å². The van der Waals surface area contributed by atoms with Crippen LogP contribution in [0.1, 0.15) is 29.4 Å². The number of alkyl halides is 3. The number of hydrogen-bond donors (Lipinski definition) is 0. The summed E-state index contributed by atoms with van der Waals surface area (Å²) in [5, 5.41) is 0. The van der Waals surface area contributed by atoms with E-state index in [1.807, 2.05) is 6.92 Å². The van der Waals surface area contributed by atoms with Crippen molar-refractivity contribution in [2.45, 2.75) is 25.6 Å². The van der Waals surface area contributed by atoms with E-state index in [2.05, 4.69) is 9.97 Å². The van der Waals surface area contributed by atoms with Crippen molar-refractivity contribution >= 4 is 12.2 Å². The SMILES string of the molecule is C[C@H]1CCN1c1nc(-c2ccc(C=O)cc2)cc(C(F)(F)F)n1. The summed E-state index contributed by atoms with van der Waals surface area (Å²) in [4.78, 5) is 20.4. The Hall–Kier alpha value is -2.44. The molecule has 0 saturated carbocycles. The van der Waals surface area contributed by atoms with Gasteiger partial charge in [0.2, 0.25) is 5.95 Å². The van der Waals surface area contributed by atoms with Crippen LogP contribution in [0, 0.1) is 0 Å². The van der Waals surface area contributed by atoms with Gasteiger partial charge in [-0.3, -0.25) is 4.79 Å². The first-order chi connectivity index (χ1) is 10.9. The zero-order chi connectivity index (χ0) is 16.6. The van der Waals surface area contributed by atoms with Crippen LogP contribution in [0.15, 0.2) is 30.3 Å². The minimum absolute atomic E-state index is 0.0908. The quantitative estimate of drug-likeness (QED) is 0.811. The number of aromatic nitrogens is 2. The van der Waals surface area contributed by atoms with Crippen molar-refractivity contribution in [1.29, 1.82) is 0 Å². The molecule has 0 N–H and O–H groups in total. The molecule has 1 saturated heterocycles. The molecule has 120 valence electrons. The number of aldehydes is 1. The average molecular weight is 321 g/mol. The Labute approximate surface area is 131 Å². The Morgan fingerprint density at radius 3 is 2.39 bits per heavy atom. The normalized spacial score (nSPS) is 17.7. The van der Waals surface area contributed by atoms with E-state index in [1.165, 1.54) is 0 Å². The lowest BCUT2D eigenvalue weighted by Crippen LogP contribution is -2.46. The van der Waals surface area contributed by atoms with Crippen molar-refractivity contribution in [3.8, 4) is 11.3 Å². The highest BCUT2D eigenvalue weighted by molar-refractivity contribution is 5.76. The van der Waals surface area contributed by atoms with Crippen molar-refractivity contribution in [2.24, 2.45) is 0 Å². The Kier molecular flexibility index (Phi) is 3.79. The molecule has 23 heavy (non-hydrogen) atoms. The highest BCUT2D eigenvalue weighted by Crippen LogP contribution is 2.33. The summed E-state index contributed by atoms with van der Waals surface area (Å²) in [5.74, 6) is 0.0908. The minimum atomic E-state index is -4.54. The van der Waals surface area contributed by atoms with E-state index >= 15 is 0 Å². The van der Waals surface area contributed by atoms with Gasteiger partial charge in [-0.2, -0.15) is 13.2 Å². The van der Waals surface area contributed by atoms with Crippen LogP contribution in [0.25, 0.3) is 11.3 Å². The van der Waals surface area contributed by atoms with Crippen LogP contribution in [-0.2, 0) is 6.18 Å². The van der Waals surface area contributed by atoms with Crippen LogP contribution in [-0.4, -0.2) is 28.8 Å². The van der Waals surface area contributed by atoms with Crippen LogP contribution in [0.2, 0.25) is 0 Å².